The normalized spacial score (nSPS) is 14.4. The topological polar surface area (TPSA) is 224 Å². The molecule has 0 saturated carbocycles. The lowest BCUT2D eigenvalue weighted by molar-refractivity contribution is 0.136. The Kier molecular flexibility index (Phi) is 6.49. The van der Waals surface area contributed by atoms with E-state index in [0.29, 0.717) is 0 Å². The second-order valence-corrected chi connectivity index (χ2v) is 10.7. The van der Waals surface area contributed by atoms with Crippen LogP contribution in [0.5, 0.6) is 0 Å². The Bertz CT molecular complexity index is 1550. The van der Waals surface area contributed by atoms with Gasteiger partial charge in [-0.1, -0.05) is 48.5 Å². The Labute approximate surface area is 195 Å². The average Bonchev–Trinajstić information content (AvgIpc) is 2.71. The predicted octanol–water partition coefficient (Wildman–Crippen LogP) is 1.46. The quantitative estimate of drug-likeness (QED) is 0.166. The minimum absolute atomic E-state index is 0.117. The molecule has 0 aliphatic carbocycles. The van der Waals surface area contributed by atoms with Crippen molar-refractivity contribution in [2.45, 2.75) is 15.4 Å². The summed E-state index contributed by atoms with van der Waals surface area (Å²) in [6.45, 7) is 0. The molecule has 34 heavy (non-hydrogen) atoms. The van der Waals surface area contributed by atoms with Crippen LogP contribution in [0.3, 0.4) is 0 Å². The molecule has 0 amide bonds. The lowest BCUT2D eigenvalue weighted by Gasteiger charge is -2.35. The van der Waals surface area contributed by atoms with Crippen molar-refractivity contribution in [2.75, 3.05) is 11.5 Å². The van der Waals surface area contributed by atoms with E-state index in [-0.39, 0.29) is 16.8 Å². The van der Waals surface area contributed by atoms with Crippen molar-refractivity contribution in [1.29, 1.82) is 0 Å². The fourth-order valence-electron chi connectivity index (χ4n) is 3.54. The number of nitrogen functional groups attached to an aromatic ring is 2. The lowest BCUT2D eigenvalue weighted by Crippen LogP contribution is -2.37. The highest BCUT2D eigenvalue weighted by Crippen LogP contribution is 2.46. The first-order valence-electron chi connectivity index (χ1n) is 9.05. The number of hydrogen-bond donors (Lipinski definition) is 5. The first-order valence-corrected chi connectivity index (χ1v) is 13.3. The van der Waals surface area contributed by atoms with E-state index in [0.717, 1.165) is 12.1 Å². The van der Waals surface area contributed by atoms with E-state index in [1.807, 2.05) is 0 Å². The Hall–Kier alpha value is -3.05. The molecule has 3 rings (SSSR count). The van der Waals surface area contributed by atoms with Gasteiger partial charge >= 0.3 is 10.4 Å². The Morgan fingerprint density at radius 3 is 1.62 bits per heavy atom. The van der Waals surface area contributed by atoms with Crippen LogP contribution >= 0.6 is 0 Å². The maximum Gasteiger partial charge on any atom is 0.398 e. The number of benzene rings is 3. The molecule has 3 aromatic rings. The number of nitrogens with two attached hydrogens (primary N) is 2. The SMILES string of the molecule is Nc1ccc(C(OS(=O)(=O)O)(c2ccccc2)c2ccc(N)c(S(=O)(=O)O)c2S(=O)(=O)O)cc1. The average molecular weight is 531 g/mol. The van der Waals surface area contributed by atoms with Gasteiger partial charge in [0.15, 0.2) is 5.60 Å². The zero-order chi connectivity index (χ0) is 25.5. The minimum atomic E-state index is -5.53. The van der Waals surface area contributed by atoms with Crippen molar-refractivity contribution in [2.24, 2.45) is 0 Å². The molecule has 0 saturated heterocycles. The zero-order valence-electron chi connectivity index (χ0n) is 16.9. The lowest BCUT2D eigenvalue weighted by atomic mass is 9.80. The molecular formula is C19H18N2O10S3. The van der Waals surface area contributed by atoms with Crippen molar-refractivity contribution in [3.05, 3.63) is 83.4 Å². The third kappa shape index (κ3) is 4.90. The Morgan fingerprint density at radius 1 is 0.647 bits per heavy atom. The van der Waals surface area contributed by atoms with Crippen LogP contribution in [0.2, 0.25) is 0 Å². The van der Waals surface area contributed by atoms with Gasteiger partial charge in [0.2, 0.25) is 0 Å². The van der Waals surface area contributed by atoms with E-state index in [4.69, 9.17) is 15.7 Å². The first kappa shape index (κ1) is 25.6. The maximum absolute atomic E-state index is 12.4. The molecule has 0 bridgehead atoms. The summed E-state index contributed by atoms with van der Waals surface area (Å²) < 4.78 is 108. The summed E-state index contributed by atoms with van der Waals surface area (Å²) in [5.74, 6) is 0. The van der Waals surface area contributed by atoms with E-state index in [1.54, 1.807) is 0 Å². The van der Waals surface area contributed by atoms with Gasteiger partial charge in [0.25, 0.3) is 20.2 Å². The fraction of sp³-hybridized carbons (Fsp3) is 0.0526. The van der Waals surface area contributed by atoms with Crippen LogP contribution in [0.15, 0.2) is 76.5 Å². The van der Waals surface area contributed by atoms with Crippen LogP contribution < -0.4 is 11.5 Å². The van der Waals surface area contributed by atoms with Gasteiger partial charge in [-0.2, -0.15) is 25.3 Å². The summed E-state index contributed by atoms with van der Waals surface area (Å²) in [6, 6.07) is 13.7. The largest absolute Gasteiger partial charge is 0.399 e. The van der Waals surface area contributed by atoms with E-state index >= 15 is 0 Å². The predicted molar refractivity (Wildman–Crippen MR) is 120 cm³/mol. The molecule has 0 heterocycles. The molecule has 182 valence electrons. The van der Waals surface area contributed by atoms with Crippen molar-refractivity contribution >= 4 is 42.0 Å². The van der Waals surface area contributed by atoms with Crippen LogP contribution in [-0.2, 0) is 40.4 Å². The summed E-state index contributed by atoms with van der Waals surface area (Å²) in [6.07, 6.45) is 0. The summed E-state index contributed by atoms with van der Waals surface area (Å²) in [5.41, 5.74) is 7.06. The standard InChI is InChI=1S/C19H18N2O10S3/c20-14-8-6-13(7-9-14)19(31-34(28,29)30,12-4-2-1-3-5-12)15-10-11-16(21)18(33(25,26)27)17(15)32(22,23)24/h1-11H,20-21H2,(H,22,23,24)(H,25,26,27)(H,28,29,30). The molecule has 7 N–H and O–H groups in total. The number of anilines is 2. The third-order valence-corrected chi connectivity index (χ3v) is 7.25. The summed E-state index contributed by atoms with van der Waals surface area (Å²) >= 11 is 0. The van der Waals surface area contributed by atoms with Crippen molar-refractivity contribution < 1.29 is 43.1 Å². The molecule has 3 aromatic carbocycles. The molecule has 0 aliphatic heterocycles. The second-order valence-electron chi connectivity index (χ2n) is 6.99. The van der Waals surface area contributed by atoms with Gasteiger partial charge in [-0.05, 0) is 29.3 Å². The van der Waals surface area contributed by atoms with Gasteiger partial charge in [0.05, 0.1) is 5.69 Å². The van der Waals surface area contributed by atoms with Crippen molar-refractivity contribution in [1.82, 2.24) is 0 Å². The first-order chi connectivity index (χ1) is 15.6. The van der Waals surface area contributed by atoms with Gasteiger partial charge in [-0.3, -0.25) is 13.7 Å². The monoisotopic (exact) mass is 530 g/mol. The zero-order valence-corrected chi connectivity index (χ0v) is 19.4. The Morgan fingerprint density at radius 2 is 1.15 bits per heavy atom. The molecule has 0 radical (unpaired) electrons. The van der Waals surface area contributed by atoms with Crippen LogP contribution in [0, 0.1) is 0 Å². The highest BCUT2D eigenvalue weighted by atomic mass is 32.3. The van der Waals surface area contributed by atoms with Crippen molar-refractivity contribution in [3.8, 4) is 0 Å². The van der Waals surface area contributed by atoms with Crippen LogP contribution in [0.25, 0.3) is 0 Å². The molecule has 0 aromatic heterocycles. The van der Waals surface area contributed by atoms with Crippen LogP contribution in [0.4, 0.5) is 11.4 Å². The number of rotatable bonds is 7. The van der Waals surface area contributed by atoms with E-state index in [1.165, 1.54) is 54.6 Å². The smallest absolute Gasteiger partial charge is 0.398 e. The third-order valence-electron chi connectivity index (χ3n) is 4.77. The van der Waals surface area contributed by atoms with Crippen molar-refractivity contribution in [3.63, 3.8) is 0 Å². The van der Waals surface area contributed by atoms with Gasteiger partial charge in [-0.25, -0.2) is 4.18 Å². The molecular weight excluding hydrogens is 512 g/mol. The number of hydrogen-bond acceptors (Lipinski definition) is 9. The second kappa shape index (κ2) is 8.62. The van der Waals surface area contributed by atoms with E-state index in [2.05, 4.69) is 0 Å². The van der Waals surface area contributed by atoms with Crippen LogP contribution in [0.1, 0.15) is 16.7 Å². The van der Waals surface area contributed by atoms with Gasteiger partial charge in [0.1, 0.15) is 9.79 Å². The highest BCUT2D eigenvalue weighted by molar-refractivity contribution is 7.89. The van der Waals surface area contributed by atoms with Crippen LogP contribution in [-0.4, -0.2) is 38.9 Å². The summed E-state index contributed by atoms with van der Waals surface area (Å²) in [7, 11) is -16.3. The summed E-state index contributed by atoms with van der Waals surface area (Å²) in [5, 5.41) is 0. The minimum Gasteiger partial charge on any atom is -0.399 e. The highest BCUT2D eigenvalue weighted by Gasteiger charge is 2.47. The van der Waals surface area contributed by atoms with E-state index in [9.17, 15) is 38.9 Å². The molecule has 0 fully saturated rings. The molecule has 15 heteroatoms. The molecule has 0 aliphatic rings. The summed E-state index contributed by atoms with van der Waals surface area (Å²) in [4.78, 5) is -2.87. The van der Waals surface area contributed by atoms with E-state index < -0.39 is 57.3 Å². The fourth-order valence-corrected chi connectivity index (χ4v) is 6.33. The van der Waals surface area contributed by atoms with Gasteiger partial charge < -0.3 is 11.5 Å². The molecule has 1 atom stereocenters. The maximum atomic E-state index is 12.4. The molecule has 1 unspecified atom stereocenters. The molecule has 12 nitrogen and oxygen atoms in total. The van der Waals surface area contributed by atoms with Gasteiger partial charge in [-0.15, -0.1) is 0 Å². The Balaban J connectivity index is 2.69. The molecule has 0 spiro atoms. The van der Waals surface area contributed by atoms with Gasteiger partial charge in [0, 0.05) is 11.3 Å².